The molecule has 1 heterocycles. The highest BCUT2D eigenvalue weighted by Gasteiger charge is 2.24. The van der Waals surface area contributed by atoms with Gasteiger partial charge in [0.05, 0.1) is 6.61 Å². The van der Waals surface area contributed by atoms with Crippen molar-refractivity contribution < 1.29 is 5.11 Å². The summed E-state index contributed by atoms with van der Waals surface area (Å²) < 4.78 is 0.912. The molecule has 1 N–H and O–H groups in total. The molecule has 1 aromatic rings. The Balaban J connectivity index is 2.17. The summed E-state index contributed by atoms with van der Waals surface area (Å²) in [4.78, 5) is 6.48. The summed E-state index contributed by atoms with van der Waals surface area (Å²) in [6.07, 6.45) is 4.43. The standard InChI is InChI=1S/C11H15BrN2O/c1-14(6-8-2-3-8)11-9(7-15)4-10(12)5-13-11/h4-5,8,15H,2-3,6-7H2,1H3. The summed E-state index contributed by atoms with van der Waals surface area (Å²) in [5.74, 6) is 1.72. The van der Waals surface area contributed by atoms with Gasteiger partial charge >= 0.3 is 0 Å². The van der Waals surface area contributed by atoms with Crippen molar-refractivity contribution in [3.05, 3.63) is 22.3 Å². The second kappa shape index (κ2) is 4.49. The van der Waals surface area contributed by atoms with Crippen molar-refractivity contribution >= 4 is 21.7 Å². The van der Waals surface area contributed by atoms with Crippen LogP contribution in [-0.2, 0) is 6.61 Å². The van der Waals surface area contributed by atoms with E-state index in [1.165, 1.54) is 12.8 Å². The Hall–Kier alpha value is -0.610. The second-order valence-electron chi connectivity index (χ2n) is 4.12. The van der Waals surface area contributed by atoms with Crippen molar-refractivity contribution in [2.75, 3.05) is 18.5 Å². The number of aliphatic hydroxyl groups excluding tert-OH is 1. The lowest BCUT2D eigenvalue weighted by molar-refractivity contribution is 0.281. The van der Waals surface area contributed by atoms with Crippen LogP contribution < -0.4 is 4.90 Å². The lowest BCUT2D eigenvalue weighted by Gasteiger charge is -2.20. The van der Waals surface area contributed by atoms with Crippen LogP contribution in [-0.4, -0.2) is 23.7 Å². The highest BCUT2D eigenvalue weighted by molar-refractivity contribution is 9.10. The average molecular weight is 271 g/mol. The predicted octanol–water partition coefficient (Wildman–Crippen LogP) is 2.18. The van der Waals surface area contributed by atoms with Crippen LogP contribution in [0.5, 0.6) is 0 Å². The quantitative estimate of drug-likeness (QED) is 0.911. The number of nitrogens with zero attached hydrogens (tertiary/aromatic N) is 2. The van der Waals surface area contributed by atoms with Crippen molar-refractivity contribution in [1.82, 2.24) is 4.98 Å². The summed E-state index contributed by atoms with van der Waals surface area (Å²) >= 11 is 3.36. The fraction of sp³-hybridized carbons (Fsp3) is 0.545. The van der Waals surface area contributed by atoms with Crippen LogP contribution in [0.4, 0.5) is 5.82 Å². The van der Waals surface area contributed by atoms with E-state index in [2.05, 4.69) is 25.8 Å². The monoisotopic (exact) mass is 270 g/mol. The van der Waals surface area contributed by atoms with E-state index in [1.54, 1.807) is 6.20 Å². The van der Waals surface area contributed by atoms with Crippen LogP contribution in [0, 0.1) is 5.92 Å². The van der Waals surface area contributed by atoms with Gasteiger partial charge in [-0.2, -0.15) is 0 Å². The summed E-state index contributed by atoms with van der Waals surface area (Å²) in [7, 11) is 2.04. The maximum absolute atomic E-state index is 9.25. The van der Waals surface area contributed by atoms with E-state index in [4.69, 9.17) is 0 Å². The van der Waals surface area contributed by atoms with Crippen LogP contribution >= 0.6 is 15.9 Å². The molecule has 3 nitrogen and oxygen atoms in total. The molecule has 0 aromatic carbocycles. The number of halogens is 1. The summed E-state index contributed by atoms with van der Waals surface area (Å²) in [6.45, 7) is 1.08. The molecule has 1 aliphatic rings. The van der Waals surface area contributed by atoms with Crippen LogP contribution in [0.3, 0.4) is 0 Å². The number of pyridine rings is 1. The fourth-order valence-electron chi connectivity index (χ4n) is 1.71. The SMILES string of the molecule is CN(CC1CC1)c1ncc(Br)cc1CO. The number of aliphatic hydroxyl groups is 1. The van der Waals surface area contributed by atoms with Gasteiger partial charge in [0.1, 0.15) is 5.82 Å². The van der Waals surface area contributed by atoms with Gasteiger partial charge in [0.2, 0.25) is 0 Å². The van der Waals surface area contributed by atoms with Crippen molar-refractivity contribution in [3.8, 4) is 0 Å². The lowest BCUT2D eigenvalue weighted by atomic mass is 10.2. The molecule has 1 aromatic heterocycles. The first-order valence-corrected chi connectivity index (χ1v) is 5.96. The number of aromatic nitrogens is 1. The Morgan fingerprint density at radius 1 is 1.60 bits per heavy atom. The van der Waals surface area contributed by atoms with Crippen molar-refractivity contribution in [3.63, 3.8) is 0 Å². The number of anilines is 1. The Bertz CT molecular complexity index is 352. The molecule has 0 aliphatic heterocycles. The Kier molecular flexibility index (Phi) is 3.26. The molecular formula is C11H15BrN2O. The molecular weight excluding hydrogens is 256 g/mol. The molecule has 1 saturated carbocycles. The highest BCUT2D eigenvalue weighted by atomic mass is 79.9. The fourth-order valence-corrected chi connectivity index (χ4v) is 2.09. The Labute approximate surface area is 98.3 Å². The minimum absolute atomic E-state index is 0.0385. The van der Waals surface area contributed by atoms with E-state index in [9.17, 15) is 5.11 Å². The molecule has 82 valence electrons. The van der Waals surface area contributed by atoms with E-state index in [0.29, 0.717) is 0 Å². The molecule has 1 aliphatic carbocycles. The second-order valence-corrected chi connectivity index (χ2v) is 5.03. The zero-order valence-corrected chi connectivity index (χ0v) is 10.4. The van der Waals surface area contributed by atoms with Crippen LogP contribution in [0.2, 0.25) is 0 Å². The van der Waals surface area contributed by atoms with E-state index < -0.39 is 0 Å². The molecule has 2 rings (SSSR count). The maximum atomic E-state index is 9.25. The van der Waals surface area contributed by atoms with Crippen molar-refractivity contribution in [1.29, 1.82) is 0 Å². The molecule has 15 heavy (non-hydrogen) atoms. The van der Waals surface area contributed by atoms with Gasteiger partial charge in [-0.05, 0) is 40.8 Å². The van der Waals surface area contributed by atoms with Gasteiger partial charge in [-0.15, -0.1) is 0 Å². The lowest BCUT2D eigenvalue weighted by Crippen LogP contribution is -2.22. The molecule has 0 bridgehead atoms. The van der Waals surface area contributed by atoms with Crippen molar-refractivity contribution in [2.45, 2.75) is 19.4 Å². The highest BCUT2D eigenvalue weighted by Crippen LogP contribution is 2.31. The van der Waals surface area contributed by atoms with Crippen LogP contribution in [0.1, 0.15) is 18.4 Å². The molecule has 0 amide bonds. The smallest absolute Gasteiger partial charge is 0.133 e. The largest absolute Gasteiger partial charge is 0.392 e. The van der Waals surface area contributed by atoms with Gasteiger partial charge in [0.25, 0.3) is 0 Å². The minimum Gasteiger partial charge on any atom is -0.392 e. The molecule has 0 saturated heterocycles. The Morgan fingerprint density at radius 3 is 2.93 bits per heavy atom. The van der Waals surface area contributed by atoms with E-state index >= 15 is 0 Å². The van der Waals surface area contributed by atoms with Crippen LogP contribution in [0.25, 0.3) is 0 Å². The molecule has 0 atom stereocenters. The van der Waals surface area contributed by atoms with Gasteiger partial charge in [0.15, 0.2) is 0 Å². The van der Waals surface area contributed by atoms with Gasteiger partial charge < -0.3 is 10.0 Å². The van der Waals surface area contributed by atoms with Gasteiger partial charge in [-0.1, -0.05) is 0 Å². The average Bonchev–Trinajstić information content (AvgIpc) is 3.01. The molecule has 4 heteroatoms. The zero-order chi connectivity index (χ0) is 10.8. The predicted molar refractivity (Wildman–Crippen MR) is 63.9 cm³/mol. The molecule has 0 spiro atoms. The third-order valence-corrected chi connectivity index (χ3v) is 3.10. The van der Waals surface area contributed by atoms with Gasteiger partial charge in [-0.25, -0.2) is 4.98 Å². The van der Waals surface area contributed by atoms with E-state index in [-0.39, 0.29) is 6.61 Å². The van der Waals surface area contributed by atoms with E-state index in [1.807, 2.05) is 13.1 Å². The third kappa shape index (κ3) is 2.69. The first kappa shape index (κ1) is 10.9. The van der Waals surface area contributed by atoms with Crippen molar-refractivity contribution in [2.24, 2.45) is 5.92 Å². The normalized spacial score (nSPS) is 15.4. The summed E-state index contributed by atoms with van der Waals surface area (Å²) in [5, 5.41) is 9.25. The Morgan fingerprint density at radius 2 is 2.33 bits per heavy atom. The number of hydrogen-bond acceptors (Lipinski definition) is 3. The number of rotatable bonds is 4. The topological polar surface area (TPSA) is 36.4 Å². The first-order valence-electron chi connectivity index (χ1n) is 5.17. The van der Waals surface area contributed by atoms with Crippen LogP contribution in [0.15, 0.2) is 16.7 Å². The molecule has 1 fully saturated rings. The first-order chi connectivity index (χ1) is 7.20. The zero-order valence-electron chi connectivity index (χ0n) is 8.78. The number of hydrogen-bond donors (Lipinski definition) is 1. The molecule has 0 radical (unpaired) electrons. The maximum Gasteiger partial charge on any atom is 0.133 e. The van der Waals surface area contributed by atoms with Gasteiger partial charge in [-0.3, -0.25) is 0 Å². The van der Waals surface area contributed by atoms with Gasteiger partial charge in [0, 0.05) is 29.8 Å². The third-order valence-electron chi connectivity index (χ3n) is 2.67. The van der Waals surface area contributed by atoms with E-state index in [0.717, 1.165) is 28.3 Å². The summed E-state index contributed by atoms with van der Waals surface area (Å²) in [6, 6.07) is 1.92. The minimum atomic E-state index is 0.0385. The summed E-state index contributed by atoms with van der Waals surface area (Å²) in [5.41, 5.74) is 0.882. The molecule has 0 unspecified atom stereocenters.